The van der Waals surface area contributed by atoms with Gasteiger partial charge in [0.15, 0.2) is 0 Å². The minimum absolute atomic E-state index is 0.0854. The van der Waals surface area contributed by atoms with Crippen molar-refractivity contribution in [1.82, 2.24) is 10.3 Å². The summed E-state index contributed by atoms with van der Waals surface area (Å²) in [5.74, 6) is -0.451. The summed E-state index contributed by atoms with van der Waals surface area (Å²) in [7, 11) is 0. The maximum atomic E-state index is 12.5. The molecule has 2 rings (SSSR count). The SMILES string of the molecule is CC(C)(C)NC(=O)C(COc1ccccc1)OC(=O)c1cccnc1. The molecule has 25 heavy (non-hydrogen) atoms. The molecule has 0 saturated carbocycles. The maximum Gasteiger partial charge on any atom is 0.340 e. The van der Waals surface area contributed by atoms with E-state index in [1.807, 2.05) is 39.0 Å². The van der Waals surface area contributed by atoms with Crippen molar-refractivity contribution in [2.75, 3.05) is 6.61 Å². The summed E-state index contributed by atoms with van der Waals surface area (Å²) in [6.07, 6.45) is 1.87. The largest absolute Gasteiger partial charge is 0.489 e. The first-order chi connectivity index (χ1) is 11.8. The first-order valence-electron chi connectivity index (χ1n) is 7.96. The topological polar surface area (TPSA) is 77.5 Å². The van der Waals surface area contributed by atoms with Gasteiger partial charge in [0.25, 0.3) is 5.91 Å². The van der Waals surface area contributed by atoms with Gasteiger partial charge in [-0.25, -0.2) is 4.79 Å². The van der Waals surface area contributed by atoms with Crippen molar-refractivity contribution in [3.05, 3.63) is 60.4 Å². The molecule has 0 saturated heterocycles. The standard InChI is InChI=1S/C19H22N2O4/c1-19(2,3)21-17(22)16(13-24-15-9-5-4-6-10-15)25-18(23)14-8-7-11-20-12-14/h4-12,16H,13H2,1-3H3,(H,21,22). The second-order valence-electron chi connectivity index (χ2n) is 6.50. The van der Waals surface area contributed by atoms with Crippen LogP contribution in [0.25, 0.3) is 0 Å². The lowest BCUT2D eigenvalue weighted by atomic mass is 10.1. The number of ether oxygens (including phenoxy) is 2. The molecule has 0 aliphatic carbocycles. The average molecular weight is 342 g/mol. The fourth-order valence-corrected chi connectivity index (χ4v) is 1.98. The summed E-state index contributed by atoms with van der Waals surface area (Å²) in [6, 6.07) is 12.2. The number of nitrogens with zero attached hydrogens (tertiary/aromatic N) is 1. The van der Waals surface area contributed by atoms with Crippen LogP contribution in [0.3, 0.4) is 0 Å². The van der Waals surface area contributed by atoms with Crippen LogP contribution in [-0.2, 0) is 9.53 Å². The zero-order valence-electron chi connectivity index (χ0n) is 14.6. The van der Waals surface area contributed by atoms with Gasteiger partial charge in [-0.2, -0.15) is 0 Å². The second kappa shape index (κ2) is 8.28. The van der Waals surface area contributed by atoms with Crippen LogP contribution in [0.2, 0.25) is 0 Å². The molecule has 0 spiro atoms. The van der Waals surface area contributed by atoms with Gasteiger partial charge in [-0.1, -0.05) is 18.2 Å². The van der Waals surface area contributed by atoms with E-state index in [2.05, 4.69) is 10.3 Å². The highest BCUT2D eigenvalue weighted by molar-refractivity contribution is 5.92. The van der Waals surface area contributed by atoms with Gasteiger partial charge in [0.1, 0.15) is 12.4 Å². The Bertz CT molecular complexity index is 696. The predicted molar refractivity (Wildman–Crippen MR) is 93.3 cm³/mol. The Balaban J connectivity index is 2.08. The number of esters is 1. The summed E-state index contributed by atoms with van der Waals surface area (Å²) in [5.41, 5.74) is -0.182. The van der Waals surface area contributed by atoms with Crippen molar-refractivity contribution < 1.29 is 19.1 Å². The summed E-state index contributed by atoms with van der Waals surface area (Å²) in [5, 5.41) is 2.80. The first-order valence-corrected chi connectivity index (χ1v) is 7.96. The molecule has 1 aromatic heterocycles. The van der Waals surface area contributed by atoms with Crippen LogP contribution in [0.5, 0.6) is 5.75 Å². The molecule has 0 fully saturated rings. The number of hydrogen-bond acceptors (Lipinski definition) is 5. The zero-order chi connectivity index (χ0) is 18.3. The van der Waals surface area contributed by atoms with Crippen molar-refractivity contribution >= 4 is 11.9 Å². The third-order valence-corrected chi connectivity index (χ3v) is 3.08. The highest BCUT2D eigenvalue weighted by atomic mass is 16.6. The van der Waals surface area contributed by atoms with Crippen LogP contribution in [0, 0.1) is 0 Å². The number of aromatic nitrogens is 1. The van der Waals surface area contributed by atoms with Crippen LogP contribution < -0.4 is 10.1 Å². The van der Waals surface area contributed by atoms with Crippen molar-refractivity contribution in [3.8, 4) is 5.75 Å². The van der Waals surface area contributed by atoms with Crippen molar-refractivity contribution in [2.45, 2.75) is 32.4 Å². The molecule has 0 bridgehead atoms. The third kappa shape index (κ3) is 6.25. The predicted octanol–water partition coefficient (Wildman–Crippen LogP) is 2.60. The first kappa shape index (κ1) is 18.4. The van der Waals surface area contributed by atoms with Gasteiger partial charge in [-0.3, -0.25) is 9.78 Å². The third-order valence-electron chi connectivity index (χ3n) is 3.08. The molecule has 1 unspecified atom stereocenters. The minimum Gasteiger partial charge on any atom is -0.489 e. The lowest BCUT2D eigenvalue weighted by Gasteiger charge is -2.25. The Morgan fingerprint density at radius 2 is 1.84 bits per heavy atom. The van der Waals surface area contributed by atoms with Gasteiger partial charge in [0.05, 0.1) is 5.56 Å². The summed E-state index contributed by atoms with van der Waals surface area (Å²) < 4.78 is 10.9. The van der Waals surface area contributed by atoms with Gasteiger partial charge in [-0.15, -0.1) is 0 Å². The van der Waals surface area contributed by atoms with Gasteiger partial charge < -0.3 is 14.8 Å². The molecule has 6 nitrogen and oxygen atoms in total. The normalized spacial score (nSPS) is 12.1. The van der Waals surface area contributed by atoms with E-state index >= 15 is 0 Å². The van der Waals surface area contributed by atoms with Crippen LogP contribution in [0.15, 0.2) is 54.9 Å². The second-order valence-corrected chi connectivity index (χ2v) is 6.50. The van der Waals surface area contributed by atoms with Gasteiger partial charge in [0.2, 0.25) is 6.10 Å². The molecule has 6 heteroatoms. The van der Waals surface area contributed by atoms with E-state index in [4.69, 9.17) is 9.47 Å². The van der Waals surface area contributed by atoms with Gasteiger partial charge >= 0.3 is 5.97 Å². The number of benzene rings is 1. The van der Waals surface area contributed by atoms with Gasteiger partial charge in [-0.05, 0) is 45.0 Å². The Morgan fingerprint density at radius 3 is 2.44 bits per heavy atom. The number of rotatable bonds is 6. The lowest BCUT2D eigenvalue weighted by Crippen LogP contribution is -2.49. The molecular weight excluding hydrogens is 320 g/mol. The molecule has 1 aromatic carbocycles. The number of carbonyl (C=O) groups excluding carboxylic acids is 2. The smallest absolute Gasteiger partial charge is 0.340 e. The van der Waals surface area contributed by atoms with E-state index in [-0.39, 0.29) is 12.2 Å². The summed E-state index contributed by atoms with van der Waals surface area (Å²) in [4.78, 5) is 28.6. The Kier molecular flexibility index (Phi) is 6.11. The van der Waals surface area contributed by atoms with Crippen LogP contribution in [-0.4, -0.2) is 35.1 Å². The average Bonchev–Trinajstić information content (AvgIpc) is 2.58. The Morgan fingerprint density at radius 1 is 1.12 bits per heavy atom. The molecule has 1 N–H and O–H groups in total. The fourth-order valence-electron chi connectivity index (χ4n) is 1.98. The number of para-hydroxylation sites is 1. The van der Waals surface area contributed by atoms with E-state index in [9.17, 15) is 9.59 Å². The van der Waals surface area contributed by atoms with Gasteiger partial charge in [0, 0.05) is 17.9 Å². The quantitative estimate of drug-likeness (QED) is 0.817. The van der Waals surface area contributed by atoms with Crippen molar-refractivity contribution in [3.63, 3.8) is 0 Å². The number of amides is 1. The molecule has 1 atom stereocenters. The Hall–Kier alpha value is -2.89. The molecule has 0 radical (unpaired) electrons. The van der Waals surface area contributed by atoms with Crippen LogP contribution in [0.1, 0.15) is 31.1 Å². The Labute approximate surface area is 147 Å². The fraction of sp³-hybridized carbons (Fsp3) is 0.316. The number of carbonyl (C=O) groups is 2. The highest BCUT2D eigenvalue weighted by Gasteiger charge is 2.27. The number of pyridine rings is 1. The molecule has 1 amide bonds. The molecule has 1 heterocycles. The van der Waals surface area contributed by atoms with Crippen LogP contribution in [0.4, 0.5) is 0 Å². The minimum atomic E-state index is -1.08. The van der Waals surface area contributed by atoms with E-state index in [0.717, 1.165) is 0 Å². The number of nitrogens with one attached hydrogen (secondary N) is 1. The van der Waals surface area contributed by atoms with E-state index in [1.54, 1.807) is 30.5 Å². The van der Waals surface area contributed by atoms with E-state index in [0.29, 0.717) is 5.75 Å². The van der Waals surface area contributed by atoms with Crippen molar-refractivity contribution in [1.29, 1.82) is 0 Å². The molecule has 2 aromatic rings. The molecule has 0 aliphatic rings. The van der Waals surface area contributed by atoms with Crippen LogP contribution >= 0.6 is 0 Å². The van der Waals surface area contributed by atoms with Crippen molar-refractivity contribution in [2.24, 2.45) is 0 Å². The zero-order valence-corrected chi connectivity index (χ0v) is 14.6. The molecule has 0 aliphatic heterocycles. The van der Waals surface area contributed by atoms with E-state index in [1.165, 1.54) is 6.20 Å². The molecular formula is C19H22N2O4. The lowest BCUT2D eigenvalue weighted by molar-refractivity contribution is -0.133. The summed E-state index contributed by atoms with van der Waals surface area (Å²) >= 11 is 0. The molecule has 132 valence electrons. The summed E-state index contributed by atoms with van der Waals surface area (Å²) in [6.45, 7) is 5.47. The highest BCUT2D eigenvalue weighted by Crippen LogP contribution is 2.11. The number of hydrogen-bond donors (Lipinski definition) is 1. The van der Waals surface area contributed by atoms with E-state index < -0.39 is 23.5 Å². The monoisotopic (exact) mass is 342 g/mol. The maximum absolute atomic E-state index is 12.5.